The van der Waals surface area contributed by atoms with Gasteiger partial charge in [0, 0.05) is 30.9 Å². The van der Waals surface area contributed by atoms with Gasteiger partial charge in [-0.05, 0) is 56.6 Å². The van der Waals surface area contributed by atoms with Gasteiger partial charge in [0.25, 0.3) is 5.91 Å². The van der Waals surface area contributed by atoms with Gasteiger partial charge in [-0.15, -0.1) is 0 Å². The van der Waals surface area contributed by atoms with Crippen LogP contribution in [0.25, 0.3) is 0 Å². The first-order chi connectivity index (χ1) is 16.5. The van der Waals surface area contributed by atoms with Crippen LogP contribution in [0.5, 0.6) is 5.88 Å². The quantitative estimate of drug-likeness (QED) is 0.702. The van der Waals surface area contributed by atoms with Gasteiger partial charge in [0.1, 0.15) is 0 Å². The monoisotopic (exact) mass is 490 g/mol. The summed E-state index contributed by atoms with van der Waals surface area (Å²) in [7, 11) is 2.15. The smallest absolute Gasteiger partial charge is 0.477 e. The number of ether oxygens (including phenoxy) is 1. The van der Waals surface area contributed by atoms with E-state index in [4.69, 9.17) is 19.9 Å². The molecule has 1 amide bonds. The Hall–Kier alpha value is -3.65. The molecule has 0 aliphatic carbocycles. The number of nitrogens with zero attached hydrogens (tertiary/aromatic N) is 4. The maximum atomic E-state index is 12.8. The Bertz CT molecular complexity index is 1080. The molecule has 35 heavy (non-hydrogen) atoms. The zero-order valence-electron chi connectivity index (χ0n) is 19.0. The molecule has 3 heterocycles. The van der Waals surface area contributed by atoms with Crippen molar-refractivity contribution >= 4 is 11.9 Å². The molecule has 1 aromatic carbocycles. The third kappa shape index (κ3) is 6.48. The van der Waals surface area contributed by atoms with E-state index in [0.717, 1.165) is 32.5 Å². The highest BCUT2D eigenvalue weighted by molar-refractivity contribution is 5.95. The maximum Gasteiger partial charge on any atom is 0.490 e. The molecule has 0 bridgehead atoms. The fourth-order valence-corrected chi connectivity index (χ4v) is 4.27. The second kappa shape index (κ2) is 10.7. The number of piperidine rings is 1. The summed E-state index contributed by atoms with van der Waals surface area (Å²) < 4.78 is 37.6. The second-order valence-electron chi connectivity index (χ2n) is 8.64. The number of hydrogen-bond acceptors (Lipinski definition) is 6. The molecule has 1 atom stereocenters. The number of benzene rings is 1. The Balaban J connectivity index is 0.000000429. The Morgan fingerprint density at radius 3 is 2.57 bits per heavy atom. The van der Waals surface area contributed by atoms with E-state index in [1.54, 1.807) is 30.5 Å². The number of amides is 1. The number of carboxylic acids is 1. The fraction of sp³-hybridized carbons (Fsp3) is 0.417. The molecule has 2 aliphatic heterocycles. The summed E-state index contributed by atoms with van der Waals surface area (Å²) >= 11 is 0. The van der Waals surface area contributed by atoms with Crippen LogP contribution >= 0.6 is 0 Å². The van der Waals surface area contributed by atoms with Gasteiger partial charge in [-0.3, -0.25) is 9.69 Å². The van der Waals surface area contributed by atoms with E-state index in [1.165, 1.54) is 0 Å². The summed E-state index contributed by atoms with van der Waals surface area (Å²) in [5.41, 5.74) is 1.13. The molecule has 1 N–H and O–H groups in total. The van der Waals surface area contributed by atoms with Crippen molar-refractivity contribution in [2.24, 2.45) is 5.92 Å². The Morgan fingerprint density at radius 2 is 1.97 bits per heavy atom. The van der Waals surface area contributed by atoms with Crippen molar-refractivity contribution in [3.63, 3.8) is 0 Å². The van der Waals surface area contributed by atoms with Crippen LogP contribution in [0, 0.1) is 17.2 Å². The molecule has 2 aromatic rings. The lowest BCUT2D eigenvalue weighted by Crippen LogP contribution is -2.72. The molecular formula is C24H25F3N4O4. The third-order valence-electron chi connectivity index (χ3n) is 6.19. The van der Waals surface area contributed by atoms with Crippen LogP contribution in [0.4, 0.5) is 13.2 Å². The average Bonchev–Trinajstić information content (AvgIpc) is 2.82. The lowest BCUT2D eigenvalue weighted by Gasteiger charge is -2.58. The predicted molar refractivity (Wildman–Crippen MR) is 119 cm³/mol. The van der Waals surface area contributed by atoms with E-state index in [-0.39, 0.29) is 11.4 Å². The Kier molecular flexibility index (Phi) is 7.96. The van der Waals surface area contributed by atoms with Crippen molar-refractivity contribution in [3.8, 4) is 11.9 Å². The van der Waals surface area contributed by atoms with Crippen LogP contribution < -0.4 is 4.74 Å². The van der Waals surface area contributed by atoms with Crippen LogP contribution in [0.2, 0.25) is 0 Å². The molecule has 0 saturated carbocycles. The minimum Gasteiger partial charge on any atom is -0.477 e. The SMILES string of the molecule is CN1CCC(COc2ccccn2)CC12CN(C(=O)c1cccc(C#N)c1)C2.O=C(O)C(F)(F)F. The van der Waals surface area contributed by atoms with Crippen molar-refractivity contribution in [3.05, 3.63) is 59.8 Å². The van der Waals surface area contributed by atoms with Gasteiger partial charge >= 0.3 is 12.1 Å². The first kappa shape index (κ1) is 26.0. The summed E-state index contributed by atoms with van der Waals surface area (Å²) in [5.74, 6) is -1.63. The number of alkyl halides is 3. The van der Waals surface area contributed by atoms with E-state index in [1.807, 2.05) is 23.1 Å². The molecule has 2 aliphatic rings. The summed E-state index contributed by atoms with van der Waals surface area (Å²) in [6, 6.07) is 14.7. The second-order valence-corrected chi connectivity index (χ2v) is 8.64. The molecule has 2 saturated heterocycles. The Morgan fingerprint density at radius 1 is 1.26 bits per heavy atom. The number of rotatable bonds is 4. The van der Waals surface area contributed by atoms with E-state index in [2.05, 4.69) is 23.0 Å². The minimum absolute atomic E-state index is 0.00276. The van der Waals surface area contributed by atoms with Crippen molar-refractivity contribution in [2.45, 2.75) is 24.6 Å². The van der Waals surface area contributed by atoms with Crippen molar-refractivity contribution < 1.29 is 32.6 Å². The fourth-order valence-electron chi connectivity index (χ4n) is 4.27. The molecule has 2 fully saturated rings. The van der Waals surface area contributed by atoms with Gasteiger partial charge in [-0.1, -0.05) is 12.1 Å². The summed E-state index contributed by atoms with van der Waals surface area (Å²) in [6.07, 6.45) is -1.25. The van der Waals surface area contributed by atoms with Crippen molar-refractivity contribution in [1.82, 2.24) is 14.8 Å². The number of carboxylic acid groups (broad SMARTS) is 1. The van der Waals surface area contributed by atoms with Gasteiger partial charge in [0.05, 0.1) is 23.8 Å². The average molecular weight is 490 g/mol. The number of aliphatic carboxylic acids is 1. The van der Waals surface area contributed by atoms with Gasteiger partial charge in [-0.25, -0.2) is 9.78 Å². The molecule has 8 nitrogen and oxygen atoms in total. The minimum atomic E-state index is -5.08. The highest BCUT2D eigenvalue weighted by Crippen LogP contribution is 2.39. The summed E-state index contributed by atoms with van der Waals surface area (Å²) in [5, 5.41) is 16.2. The number of pyridine rings is 1. The lowest BCUT2D eigenvalue weighted by molar-refractivity contribution is -0.192. The van der Waals surface area contributed by atoms with Crippen LogP contribution in [-0.4, -0.2) is 76.8 Å². The van der Waals surface area contributed by atoms with Gasteiger partial charge in [-0.2, -0.15) is 18.4 Å². The van der Waals surface area contributed by atoms with Crippen LogP contribution in [0.3, 0.4) is 0 Å². The molecular weight excluding hydrogens is 465 g/mol. The number of carbonyl (C=O) groups excluding carboxylic acids is 1. The first-order valence-corrected chi connectivity index (χ1v) is 10.9. The van der Waals surface area contributed by atoms with Crippen LogP contribution in [-0.2, 0) is 4.79 Å². The number of likely N-dealkylation sites (N-methyl/N-ethyl adjacent to an activating group) is 1. The van der Waals surface area contributed by atoms with Crippen LogP contribution in [0.15, 0.2) is 48.7 Å². The normalized spacial score (nSPS) is 19.1. The molecule has 186 valence electrons. The molecule has 11 heteroatoms. The van der Waals surface area contributed by atoms with E-state index >= 15 is 0 Å². The molecule has 1 spiro atoms. The van der Waals surface area contributed by atoms with Gasteiger partial charge in [0.2, 0.25) is 5.88 Å². The highest BCUT2D eigenvalue weighted by Gasteiger charge is 2.51. The lowest BCUT2D eigenvalue weighted by atomic mass is 9.75. The number of aromatic nitrogens is 1. The predicted octanol–water partition coefficient (Wildman–Crippen LogP) is 3.20. The molecule has 4 rings (SSSR count). The van der Waals surface area contributed by atoms with Gasteiger partial charge in [0.15, 0.2) is 0 Å². The van der Waals surface area contributed by atoms with E-state index in [0.29, 0.717) is 29.5 Å². The number of hydrogen-bond donors (Lipinski definition) is 1. The van der Waals surface area contributed by atoms with Crippen molar-refractivity contribution in [1.29, 1.82) is 5.26 Å². The molecule has 0 radical (unpaired) electrons. The van der Waals surface area contributed by atoms with E-state index in [9.17, 15) is 18.0 Å². The zero-order valence-corrected chi connectivity index (χ0v) is 19.0. The van der Waals surface area contributed by atoms with Crippen molar-refractivity contribution in [2.75, 3.05) is 33.3 Å². The number of halogens is 3. The van der Waals surface area contributed by atoms with Crippen LogP contribution in [0.1, 0.15) is 28.8 Å². The van der Waals surface area contributed by atoms with E-state index < -0.39 is 12.1 Å². The standard InChI is InChI=1S/C22H24N4O2.C2HF3O2/c1-25-10-8-18(14-28-20-7-2-3-9-24-20)12-22(25)15-26(16-22)21(27)19-6-4-5-17(11-19)13-23;3-2(4,5)1(6)7/h2-7,9,11,18H,8,10,12,14-16H2,1H3;(H,6,7). The Labute approximate surface area is 200 Å². The highest BCUT2D eigenvalue weighted by atomic mass is 19.4. The first-order valence-electron chi connectivity index (χ1n) is 10.9. The number of nitriles is 1. The number of carbonyl (C=O) groups is 2. The number of likely N-dealkylation sites (tertiary alicyclic amines) is 2. The topological polar surface area (TPSA) is 107 Å². The third-order valence-corrected chi connectivity index (χ3v) is 6.19. The summed E-state index contributed by atoms with van der Waals surface area (Å²) in [4.78, 5) is 30.2. The largest absolute Gasteiger partial charge is 0.490 e. The summed E-state index contributed by atoms with van der Waals surface area (Å²) in [6.45, 7) is 3.10. The molecule has 1 unspecified atom stereocenters. The maximum absolute atomic E-state index is 12.8. The molecule has 1 aromatic heterocycles. The zero-order chi connectivity index (χ0) is 25.6. The van der Waals surface area contributed by atoms with Gasteiger partial charge < -0.3 is 14.7 Å².